The van der Waals surface area contributed by atoms with Gasteiger partial charge in [-0.1, -0.05) is 12.6 Å². The molecule has 1 aliphatic carbocycles. The number of benzene rings is 2. The first-order valence-electron chi connectivity index (χ1n) is 12.8. The van der Waals surface area contributed by atoms with Gasteiger partial charge in [0.1, 0.15) is 30.3 Å². The molecule has 0 radical (unpaired) electrons. The lowest BCUT2D eigenvalue weighted by Crippen LogP contribution is -2.38. The Hall–Kier alpha value is -4.34. The van der Waals surface area contributed by atoms with Crippen molar-refractivity contribution in [3.8, 4) is 17.0 Å². The van der Waals surface area contributed by atoms with Gasteiger partial charge in [-0.15, -0.1) is 0 Å². The van der Waals surface area contributed by atoms with Crippen LogP contribution in [-0.4, -0.2) is 45.9 Å². The quantitative estimate of drug-likeness (QED) is 0.395. The number of ether oxygens (including phenoxy) is 1. The molecule has 2 amide bonds. The highest BCUT2D eigenvalue weighted by molar-refractivity contribution is 6.05. The molecule has 0 bridgehead atoms. The van der Waals surface area contributed by atoms with Crippen molar-refractivity contribution >= 4 is 23.3 Å². The summed E-state index contributed by atoms with van der Waals surface area (Å²) in [7, 11) is 0. The average Bonchev–Trinajstić information content (AvgIpc) is 3.66. The number of hydrogen-bond acceptors (Lipinski definition) is 6. The molecule has 1 saturated carbocycles. The van der Waals surface area contributed by atoms with E-state index in [1.54, 1.807) is 17.9 Å². The van der Waals surface area contributed by atoms with Crippen molar-refractivity contribution in [3.05, 3.63) is 77.6 Å². The van der Waals surface area contributed by atoms with E-state index in [2.05, 4.69) is 21.9 Å². The van der Waals surface area contributed by atoms with Crippen LogP contribution in [0.4, 0.5) is 20.3 Å². The molecule has 1 saturated heterocycles. The van der Waals surface area contributed by atoms with Crippen LogP contribution in [0.2, 0.25) is 0 Å². The van der Waals surface area contributed by atoms with E-state index in [0.29, 0.717) is 23.6 Å². The molecular weight excluding hydrogens is 504 g/mol. The number of halogens is 2. The molecule has 0 unspecified atom stereocenters. The van der Waals surface area contributed by atoms with Gasteiger partial charge in [-0.05, 0) is 80.0 Å². The first kappa shape index (κ1) is 26.3. The maximum atomic E-state index is 14.8. The van der Waals surface area contributed by atoms with Gasteiger partial charge in [0.25, 0.3) is 5.91 Å². The number of carbonyl (C=O) groups is 2. The van der Waals surface area contributed by atoms with Gasteiger partial charge in [-0.25, -0.2) is 18.7 Å². The molecule has 1 aromatic heterocycles. The van der Waals surface area contributed by atoms with Crippen molar-refractivity contribution in [2.24, 2.45) is 0 Å². The Kier molecular flexibility index (Phi) is 7.28. The minimum absolute atomic E-state index is 0.0478. The minimum atomic E-state index is -0.693. The smallest absolute Gasteiger partial charge is 0.258 e. The second-order valence-electron chi connectivity index (χ2n) is 9.87. The fraction of sp³-hybridized carbons (Fsp3) is 0.310. The van der Waals surface area contributed by atoms with Crippen molar-refractivity contribution in [2.75, 3.05) is 24.2 Å². The zero-order valence-corrected chi connectivity index (χ0v) is 21.5. The Balaban J connectivity index is 1.41. The summed E-state index contributed by atoms with van der Waals surface area (Å²) in [6.07, 6.45) is 6.11. The maximum absolute atomic E-state index is 14.8. The van der Waals surface area contributed by atoms with E-state index in [1.165, 1.54) is 30.6 Å². The average molecular weight is 534 g/mol. The van der Waals surface area contributed by atoms with E-state index in [0.717, 1.165) is 37.3 Å². The Bertz CT molecular complexity index is 1460. The molecule has 39 heavy (non-hydrogen) atoms. The summed E-state index contributed by atoms with van der Waals surface area (Å²) in [6, 6.07) is 6.82. The van der Waals surface area contributed by atoms with Gasteiger partial charge in [-0.3, -0.25) is 9.59 Å². The third-order valence-electron chi connectivity index (χ3n) is 7.25. The number of carbonyl (C=O) groups excluding carboxylic acids is 2. The molecule has 2 aromatic carbocycles. The normalized spacial score (nSPS) is 16.7. The Morgan fingerprint density at radius 2 is 2.00 bits per heavy atom. The van der Waals surface area contributed by atoms with Crippen molar-refractivity contribution in [1.82, 2.24) is 14.9 Å². The predicted octanol–water partition coefficient (Wildman–Crippen LogP) is 5.00. The third kappa shape index (κ3) is 5.45. The Labute approximate surface area is 224 Å². The molecule has 3 N–H and O–H groups in total. The fourth-order valence-electron chi connectivity index (χ4n) is 4.95. The van der Waals surface area contributed by atoms with Gasteiger partial charge >= 0.3 is 0 Å². The number of amides is 2. The number of hydrogen-bond donors (Lipinski definition) is 2. The number of rotatable bonds is 8. The molecule has 202 valence electrons. The van der Waals surface area contributed by atoms with E-state index in [1.807, 2.05) is 0 Å². The second kappa shape index (κ2) is 10.8. The molecule has 10 heteroatoms. The third-order valence-corrected chi connectivity index (χ3v) is 7.25. The van der Waals surface area contributed by atoms with Crippen LogP contribution in [0.15, 0.2) is 49.3 Å². The summed E-state index contributed by atoms with van der Waals surface area (Å²) in [5.41, 5.74) is 8.05. The van der Waals surface area contributed by atoms with Gasteiger partial charge < -0.3 is 20.7 Å². The summed E-state index contributed by atoms with van der Waals surface area (Å²) in [5, 5.41) is 2.63. The molecule has 1 aliphatic heterocycles. The van der Waals surface area contributed by atoms with Crippen LogP contribution in [-0.2, 0) is 4.79 Å². The Morgan fingerprint density at radius 3 is 2.72 bits per heavy atom. The number of anilines is 2. The highest BCUT2D eigenvalue weighted by Gasteiger charge is 2.29. The molecule has 2 heterocycles. The fourth-order valence-corrected chi connectivity index (χ4v) is 4.95. The van der Waals surface area contributed by atoms with Gasteiger partial charge in [0.05, 0.1) is 11.6 Å². The lowest BCUT2D eigenvalue weighted by atomic mass is 10.0. The predicted molar refractivity (Wildman–Crippen MR) is 143 cm³/mol. The van der Waals surface area contributed by atoms with Crippen LogP contribution in [0, 0.1) is 18.6 Å². The summed E-state index contributed by atoms with van der Waals surface area (Å²) in [4.78, 5) is 35.1. The second-order valence-corrected chi connectivity index (χ2v) is 9.87. The lowest BCUT2D eigenvalue weighted by Gasteiger charge is -2.24. The van der Waals surface area contributed by atoms with E-state index in [9.17, 15) is 18.4 Å². The van der Waals surface area contributed by atoms with Crippen LogP contribution >= 0.6 is 0 Å². The Morgan fingerprint density at radius 1 is 1.21 bits per heavy atom. The molecular formula is C29H29F2N5O3. The van der Waals surface area contributed by atoms with Gasteiger partial charge in [-0.2, -0.15) is 0 Å². The van der Waals surface area contributed by atoms with E-state index >= 15 is 0 Å². The molecule has 3 aromatic rings. The number of nitrogen functional groups attached to an aromatic ring is 1. The summed E-state index contributed by atoms with van der Waals surface area (Å²) < 4.78 is 35.6. The van der Waals surface area contributed by atoms with Gasteiger partial charge in [0.2, 0.25) is 5.91 Å². The summed E-state index contributed by atoms with van der Waals surface area (Å²) >= 11 is 0. The highest BCUT2D eigenvalue weighted by atomic mass is 19.1. The van der Waals surface area contributed by atoms with E-state index < -0.39 is 17.5 Å². The standard InChI is InChI=1S/C29H29F2N5O3/c1-3-25(37)36-10-4-5-20(36)14-39-27-26(33-15-34-28(27)32)22-12-19(30)13-24(16(22)2)35-29(38)21-9-8-18(11-23(21)31)17-6-7-17/h3,8-9,11-13,15,17,20H,1,4-7,10,14H2,2H3,(H,35,38)(H2,32,33,34)/t20-/m1/s1. The molecule has 2 fully saturated rings. The van der Waals surface area contributed by atoms with Crippen LogP contribution in [0.5, 0.6) is 5.75 Å². The number of nitrogens with zero attached hydrogens (tertiary/aromatic N) is 3. The maximum Gasteiger partial charge on any atom is 0.258 e. The SMILES string of the molecule is C=CC(=O)N1CCC[C@@H]1COc1c(N)ncnc1-c1cc(F)cc(NC(=O)c2ccc(C3CC3)cc2F)c1C. The van der Waals surface area contributed by atoms with Crippen LogP contribution in [0.1, 0.15) is 53.1 Å². The van der Waals surface area contributed by atoms with Gasteiger partial charge in [0.15, 0.2) is 11.6 Å². The van der Waals surface area contributed by atoms with Gasteiger partial charge in [0, 0.05) is 17.8 Å². The summed E-state index contributed by atoms with van der Waals surface area (Å²) in [5.74, 6) is -1.60. The first-order chi connectivity index (χ1) is 18.8. The van der Waals surface area contributed by atoms with Crippen molar-refractivity contribution < 1.29 is 23.1 Å². The van der Waals surface area contributed by atoms with Crippen molar-refractivity contribution in [1.29, 1.82) is 0 Å². The minimum Gasteiger partial charge on any atom is -0.485 e. The first-order valence-corrected chi connectivity index (χ1v) is 12.8. The van der Waals surface area contributed by atoms with Crippen molar-refractivity contribution in [2.45, 2.75) is 44.6 Å². The van der Waals surface area contributed by atoms with Crippen LogP contribution in [0.25, 0.3) is 11.3 Å². The molecule has 0 spiro atoms. The summed E-state index contributed by atoms with van der Waals surface area (Å²) in [6.45, 7) is 5.97. The molecule has 5 rings (SSSR count). The van der Waals surface area contributed by atoms with E-state index in [-0.39, 0.29) is 47.1 Å². The topological polar surface area (TPSA) is 110 Å². The number of nitrogens with one attached hydrogen (secondary N) is 1. The van der Waals surface area contributed by atoms with Crippen molar-refractivity contribution in [3.63, 3.8) is 0 Å². The number of nitrogens with two attached hydrogens (primary N) is 1. The molecule has 2 aliphatic rings. The number of aromatic nitrogens is 2. The lowest BCUT2D eigenvalue weighted by molar-refractivity contribution is -0.127. The highest BCUT2D eigenvalue weighted by Crippen LogP contribution is 2.41. The monoisotopic (exact) mass is 533 g/mol. The number of likely N-dealkylation sites (tertiary alicyclic amines) is 1. The van der Waals surface area contributed by atoms with Crippen LogP contribution < -0.4 is 15.8 Å². The molecule has 8 nitrogen and oxygen atoms in total. The van der Waals surface area contributed by atoms with E-state index in [4.69, 9.17) is 10.5 Å². The van der Waals surface area contributed by atoms with Crippen LogP contribution in [0.3, 0.4) is 0 Å². The zero-order chi connectivity index (χ0) is 27.7. The molecule has 1 atom stereocenters. The largest absolute Gasteiger partial charge is 0.485 e. The zero-order valence-electron chi connectivity index (χ0n) is 21.5.